The van der Waals surface area contributed by atoms with Crippen LogP contribution in [0.4, 0.5) is 23.1 Å². The summed E-state index contributed by atoms with van der Waals surface area (Å²) < 4.78 is 0. The third kappa shape index (κ3) is 4.22. The van der Waals surface area contributed by atoms with Crippen molar-refractivity contribution in [1.29, 1.82) is 0 Å². The zero-order chi connectivity index (χ0) is 16.2. The molecule has 0 aliphatic carbocycles. The van der Waals surface area contributed by atoms with E-state index in [1.807, 2.05) is 12.1 Å². The van der Waals surface area contributed by atoms with Crippen LogP contribution in [-0.2, 0) is 0 Å². The van der Waals surface area contributed by atoms with Gasteiger partial charge >= 0.3 is 0 Å². The smallest absolute Gasteiger partial charge is 0.249 e. The molecule has 0 saturated heterocycles. The maximum absolute atomic E-state index is 5.98. The summed E-state index contributed by atoms with van der Waals surface area (Å²) in [5.74, 6) is 0.861. The summed E-state index contributed by atoms with van der Waals surface area (Å²) >= 11 is 17.8. The van der Waals surface area contributed by atoms with Crippen molar-refractivity contribution in [3.05, 3.63) is 63.7 Å². The van der Waals surface area contributed by atoms with Crippen molar-refractivity contribution in [2.24, 2.45) is 0 Å². The highest BCUT2D eigenvalue weighted by Gasteiger charge is 2.04. The molecule has 0 fully saturated rings. The van der Waals surface area contributed by atoms with E-state index in [0.717, 1.165) is 5.69 Å². The van der Waals surface area contributed by atoms with Gasteiger partial charge in [0.25, 0.3) is 0 Å². The van der Waals surface area contributed by atoms with Gasteiger partial charge in [-0.25, -0.2) is 0 Å². The second kappa shape index (κ2) is 7.00. The molecule has 5 nitrogen and oxygen atoms in total. The highest BCUT2D eigenvalue weighted by molar-refractivity contribution is 6.42. The van der Waals surface area contributed by atoms with E-state index in [0.29, 0.717) is 32.5 Å². The SMILES string of the molecule is Clc1cccc(Nc2cnnc(Nc3ccc(Cl)c(Cl)c3)n2)c1. The maximum atomic E-state index is 5.98. The van der Waals surface area contributed by atoms with Gasteiger partial charge in [-0.1, -0.05) is 40.9 Å². The fourth-order valence-electron chi connectivity index (χ4n) is 1.83. The molecule has 8 heteroatoms. The monoisotopic (exact) mass is 365 g/mol. The lowest BCUT2D eigenvalue weighted by atomic mass is 10.3. The molecule has 0 bridgehead atoms. The number of aromatic nitrogens is 3. The van der Waals surface area contributed by atoms with Crippen LogP contribution in [-0.4, -0.2) is 15.2 Å². The van der Waals surface area contributed by atoms with Gasteiger partial charge in [0.2, 0.25) is 5.95 Å². The number of rotatable bonds is 4. The molecule has 0 saturated carbocycles. The Morgan fingerprint density at radius 2 is 1.65 bits per heavy atom. The summed E-state index contributed by atoms with van der Waals surface area (Å²) in [5, 5.41) is 15.5. The minimum absolute atomic E-state index is 0.329. The predicted molar refractivity (Wildman–Crippen MR) is 94.3 cm³/mol. The Balaban J connectivity index is 1.78. The van der Waals surface area contributed by atoms with E-state index in [2.05, 4.69) is 25.8 Å². The summed E-state index contributed by atoms with van der Waals surface area (Å²) in [4.78, 5) is 4.33. The highest BCUT2D eigenvalue weighted by atomic mass is 35.5. The molecule has 0 radical (unpaired) electrons. The van der Waals surface area contributed by atoms with E-state index in [9.17, 15) is 0 Å². The Bertz CT molecular complexity index is 841. The summed E-state index contributed by atoms with van der Waals surface area (Å²) in [6.07, 6.45) is 1.51. The predicted octanol–water partition coefficient (Wildman–Crippen LogP) is 5.32. The molecule has 116 valence electrons. The number of benzene rings is 2. The van der Waals surface area contributed by atoms with Crippen molar-refractivity contribution in [2.75, 3.05) is 10.6 Å². The molecule has 1 heterocycles. The van der Waals surface area contributed by atoms with Crippen molar-refractivity contribution in [1.82, 2.24) is 15.2 Å². The van der Waals surface area contributed by atoms with E-state index >= 15 is 0 Å². The number of nitrogens with zero attached hydrogens (tertiary/aromatic N) is 3. The van der Waals surface area contributed by atoms with Crippen LogP contribution in [0, 0.1) is 0 Å². The van der Waals surface area contributed by atoms with Crippen LogP contribution in [0.1, 0.15) is 0 Å². The van der Waals surface area contributed by atoms with Crippen molar-refractivity contribution >= 4 is 57.9 Å². The molecule has 0 atom stereocenters. The molecule has 0 amide bonds. The third-order valence-electron chi connectivity index (χ3n) is 2.83. The third-order valence-corrected chi connectivity index (χ3v) is 3.81. The number of hydrogen-bond donors (Lipinski definition) is 2. The largest absolute Gasteiger partial charge is 0.339 e. The average Bonchev–Trinajstić information content (AvgIpc) is 2.51. The van der Waals surface area contributed by atoms with Gasteiger partial charge in [0.05, 0.1) is 16.2 Å². The van der Waals surface area contributed by atoms with Crippen LogP contribution in [0.25, 0.3) is 0 Å². The zero-order valence-electron chi connectivity index (χ0n) is 11.6. The Morgan fingerprint density at radius 3 is 2.43 bits per heavy atom. The zero-order valence-corrected chi connectivity index (χ0v) is 13.9. The highest BCUT2D eigenvalue weighted by Crippen LogP contribution is 2.26. The van der Waals surface area contributed by atoms with Crippen molar-refractivity contribution in [2.45, 2.75) is 0 Å². The van der Waals surface area contributed by atoms with Gasteiger partial charge in [-0.05, 0) is 36.4 Å². The Labute approximate surface area is 147 Å². The summed E-state index contributed by atoms with van der Waals surface area (Å²) in [6.45, 7) is 0. The molecule has 0 aliphatic heterocycles. The van der Waals surface area contributed by atoms with Crippen LogP contribution in [0.2, 0.25) is 15.1 Å². The van der Waals surface area contributed by atoms with Crippen LogP contribution < -0.4 is 10.6 Å². The minimum Gasteiger partial charge on any atom is -0.339 e. The second-order valence-corrected chi connectivity index (χ2v) is 5.81. The minimum atomic E-state index is 0.329. The summed E-state index contributed by atoms with van der Waals surface area (Å²) in [6, 6.07) is 12.4. The summed E-state index contributed by atoms with van der Waals surface area (Å²) in [7, 11) is 0. The van der Waals surface area contributed by atoms with Gasteiger partial charge in [0.15, 0.2) is 5.82 Å². The van der Waals surface area contributed by atoms with Gasteiger partial charge < -0.3 is 10.6 Å². The number of anilines is 4. The molecule has 0 aliphatic rings. The lowest BCUT2D eigenvalue weighted by Gasteiger charge is -2.08. The molecular formula is C15H10Cl3N5. The summed E-state index contributed by atoms with van der Waals surface area (Å²) in [5.41, 5.74) is 1.51. The quantitative estimate of drug-likeness (QED) is 0.654. The maximum Gasteiger partial charge on any atom is 0.249 e. The Kier molecular flexibility index (Phi) is 4.81. The van der Waals surface area contributed by atoms with Crippen molar-refractivity contribution in [3.63, 3.8) is 0 Å². The van der Waals surface area contributed by atoms with Gasteiger partial charge in [-0.15, -0.1) is 5.10 Å². The van der Waals surface area contributed by atoms with Crippen molar-refractivity contribution in [3.8, 4) is 0 Å². The van der Waals surface area contributed by atoms with E-state index in [4.69, 9.17) is 34.8 Å². The van der Waals surface area contributed by atoms with Gasteiger partial charge in [-0.2, -0.15) is 10.1 Å². The molecule has 2 N–H and O–H groups in total. The first-order chi connectivity index (χ1) is 11.1. The Morgan fingerprint density at radius 1 is 0.826 bits per heavy atom. The molecule has 23 heavy (non-hydrogen) atoms. The van der Waals surface area contributed by atoms with Crippen LogP contribution in [0.15, 0.2) is 48.7 Å². The molecular weight excluding hydrogens is 357 g/mol. The van der Waals surface area contributed by atoms with E-state index in [-0.39, 0.29) is 0 Å². The van der Waals surface area contributed by atoms with Crippen molar-refractivity contribution < 1.29 is 0 Å². The van der Waals surface area contributed by atoms with Gasteiger partial charge in [-0.3, -0.25) is 0 Å². The normalized spacial score (nSPS) is 10.4. The fraction of sp³-hybridized carbons (Fsp3) is 0. The first-order valence-electron chi connectivity index (χ1n) is 6.54. The van der Waals surface area contributed by atoms with Gasteiger partial charge in [0.1, 0.15) is 0 Å². The molecule has 3 aromatic rings. The molecule has 0 spiro atoms. The second-order valence-electron chi connectivity index (χ2n) is 4.55. The van der Waals surface area contributed by atoms with Crippen LogP contribution >= 0.6 is 34.8 Å². The van der Waals surface area contributed by atoms with E-state index in [1.54, 1.807) is 30.3 Å². The Hall–Kier alpha value is -2.08. The van der Waals surface area contributed by atoms with Gasteiger partial charge in [0, 0.05) is 16.4 Å². The lowest BCUT2D eigenvalue weighted by Crippen LogP contribution is -2.02. The van der Waals surface area contributed by atoms with Crippen LogP contribution in [0.3, 0.4) is 0 Å². The molecule has 0 unspecified atom stereocenters. The van der Waals surface area contributed by atoms with E-state index in [1.165, 1.54) is 6.20 Å². The topological polar surface area (TPSA) is 62.7 Å². The first kappa shape index (κ1) is 15.8. The van der Waals surface area contributed by atoms with Crippen LogP contribution in [0.5, 0.6) is 0 Å². The number of halogens is 3. The lowest BCUT2D eigenvalue weighted by molar-refractivity contribution is 0.982. The molecule has 2 aromatic carbocycles. The molecule has 1 aromatic heterocycles. The van der Waals surface area contributed by atoms with E-state index < -0.39 is 0 Å². The number of nitrogens with one attached hydrogen (secondary N) is 2. The number of hydrogen-bond acceptors (Lipinski definition) is 5. The fourth-order valence-corrected chi connectivity index (χ4v) is 2.32. The first-order valence-corrected chi connectivity index (χ1v) is 7.68. The molecule has 3 rings (SSSR count). The standard InChI is InChI=1S/C15H10Cl3N5/c16-9-2-1-3-10(6-9)20-14-8-19-23-15(22-14)21-11-4-5-12(17)13(18)7-11/h1-8H,(H2,20,21,22,23). The average molecular weight is 367 g/mol.